The zero-order chi connectivity index (χ0) is 18.7. The van der Waals surface area contributed by atoms with E-state index < -0.39 is 5.82 Å². The summed E-state index contributed by atoms with van der Waals surface area (Å²) in [4.78, 5) is 22.0. The van der Waals surface area contributed by atoms with Crippen molar-refractivity contribution in [1.82, 2.24) is 14.9 Å². The maximum absolute atomic E-state index is 13.6. The summed E-state index contributed by atoms with van der Waals surface area (Å²) in [6.45, 7) is 2.35. The van der Waals surface area contributed by atoms with Gasteiger partial charge in [-0.1, -0.05) is 0 Å². The average molecular weight is 375 g/mol. The molecule has 2 saturated heterocycles. The van der Waals surface area contributed by atoms with Crippen LogP contribution < -0.4 is 4.74 Å². The second kappa shape index (κ2) is 7.64. The Labute approximate surface area is 156 Å². The number of rotatable bonds is 5. The molecule has 2 aromatic rings. The summed E-state index contributed by atoms with van der Waals surface area (Å²) in [5.41, 5.74) is 0.104. The topological polar surface area (TPSA) is 77.7 Å². The van der Waals surface area contributed by atoms with Crippen LogP contribution in [-0.2, 0) is 4.74 Å². The second-order valence-electron chi connectivity index (χ2n) is 6.99. The smallest absolute Gasteiger partial charge is 0.275 e. The lowest BCUT2D eigenvalue weighted by Crippen LogP contribution is -2.49. The number of pyridine rings is 1. The molecule has 0 radical (unpaired) electrons. The molecule has 2 fully saturated rings. The Kier molecular flexibility index (Phi) is 5.07. The number of nitrogens with zero attached hydrogens (tertiary/aromatic N) is 3. The quantitative estimate of drug-likeness (QED) is 0.800. The molecule has 4 heterocycles. The average Bonchev–Trinajstić information content (AvgIpc) is 3.35. The van der Waals surface area contributed by atoms with Crippen LogP contribution in [-0.4, -0.2) is 52.7 Å². The Hall–Kier alpha value is -2.48. The summed E-state index contributed by atoms with van der Waals surface area (Å²) in [5, 5.41) is 0. The molecule has 0 aromatic carbocycles. The van der Waals surface area contributed by atoms with E-state index in [1.165, 1.54) is 31.0 Å². The van der Waals surface area contributed by atoms with Crippen LogP contribution in [0.25, 0.3) is 0 Å². The summed E-state index contributed by atoms with van der Waals surface area (Å²) in [7, 11) is 0. The molecule has 144 valence electrons. The van der Waals surface area contributed by atoms with Gasteiger partial charge in [0.15, 0.2) is 17.9 Å². The van der Waals surface area contributed by atoms with E-state index in [2.05, 4.69) is 9.97 Å². The minimum Gasteiger partial charge on any atom is -0.476 e. The lowest BCUT2D eigenvalue weighted by molar-refractivity contribution is -0.0650. The first-order valence-corrected chi connectivity index (χ1v) is 9.23. The van der Waals surface area contributed by atoms with Gasteiger partial charge in [0.25, 0.3) is 5.91 Å². The van der Waals surface area contributed by atoms with Gasteiger partial charge in [0.05, 0.1) is 12.2 Å². The van der Waals surface area contributed by atoms with E-state index in [4.69, 9.17) is 13.9 Å². The van der Waals surface area contributed by atoms with Gasteiger partial charge in [0, 0.05) is 25.9 Å². The fraction of sp³-hybridized carbons (Fsp3) is 0.526. The van der Waals surface area contributed by atoms with Gasteiger partial charge in [-0.25, -0.2) is 14.4 Å². The van der Waals surface area contributed by atoms with Crippen molar-refractivity contribution in [2.75, 3.05) is 26.3 Å². The van der Waals surface area contributed by atoms with Crippen molar-refractivity contribution in [3.8, 4) is 5.88 Å². The predicted molar refractivity (Wildman–Crippen MR) is 92.7 cm³/mol. The van der Waals surface area contributed by atoms with E-state index in [1.807, 2.05) is 0 Å². The number of hydrogen-bond donors (Lipinski definition) is 0. The summed E-state index contributed by atoms with van der Waals surface area (Å²) in [6, 6.07) is 2.88. The highest BCUT2D eigenvalue weighted by molar-refractivity contribution is 5.91. The first-order valence-electron chi connectivity index (χ1n) is 9.23. The third kappa shape index (κ3) is 3.66. The van der Waals surface area contributed by atoms with Gasteiger partial charge in [-0.15, -0.1) is 0 Å². The molecule has 0 saturated carbocycles. The Balaban J connectivity index is 1.32. The summed E-state index contributed by atoms with van der Waals surface area (Å²) < 4.78 is 30.1. The fourth-order valence-corrected chi connectivity index (χ4v) is 4.09. The molecule has 0 N–H and O–H groups in total. The van der Waals surface area contributed by atoms with Crippen molar-refractivity contribution in [2.24, 2.45) is 5.92 Å². The monoisotopic (exact) mass is 375 g/mol. The van der Waals surface area contributed by atoms with Gasteiger partial charge in [0.2, 0.25) is 5.88 Å². The van der Waals surface area contributed by atoms with Crippen LogP contribution >= 0.6 is 0 Å². The number of carbonyl (C=O) groups is 1. The molecule has 0 bridgehead atoms. The van der Waals surface area contributed by atoms with E-state index in [-0.39, 0.29) is 17.4 Å². The van der Waals surface area contributed by atoms with Crippen LogP contribution in [0.3, 0.4) is 0 Å². The molecule has 2 aliphatic rings. The van der Waals surface area contributed by atoms with Gasteiger partial charge >= 0.3 is 0 Å². The van der Waals surface area contributed by atoms with Crippen LogP contribution in [0, 0.1) is 11.7 Å². The molecule has 2 aromatic heterocycles. The normalized spacial score (nSPS) is 21.5. The molecule has 4 rings (SSSR count). The van der Waals surface area contributed by atoms with Crippen molar-refractivity contribution >= 4 is 5.91 Å². The maximum Gasteiger partial charge on any atom is 0.275 e. The summed E-state index contributed by atoms with van der Waals surface area (Å²) >= 11 is 0. The van der Waals surface area contributed by atoms with Crippen LogP contribution in [0.15, 0.2) is 35.4 Å². The van der Waals surface area contributed by atoms with Gasteiger partial charge in [0.1, 0.15) is 6.26 Å². The van der Waals surface area contributed by atoms with Crippen molar-refractivity contribution < 1.29 is 23.1 Å². The highest BCUT2D eigenvalue weighted by Crippen LogP contribution is 2.42. The summed E-state index contributed by atoms with van der Waals surface area (Å²) in [5.74, 6) is -0.191. The number of hydrogen-bond acceptors (Lipinski definition) is 6. The van der Waals surface area contributed by atoms with Crippen LogP contribution in [0.5, 0.6) is 5.88 Å². The third-order valence-electron chi connectivity index (χ3n) is 5.58. The maximum atomic E-state index is 13.6. The number of ether oxygens (including phenoxy) is 2. The molecule has 7 nitrogen and oxygen atoms in total. The highest BCUT2D eigenvalue weighted by Gasteiger charge is 2.46. The van der Waals surface area contributed by atoms with Crippen molar-refractivity contribution in [3.63, 3.8) is 0 Å². The fourth-order valence-electron chi connectivity index (χ4n) is 4.09. The molecular weight excluding hydrogens is 353 g/mol. The van der Waals surface area contributed by atoms with Crippen LogP contribution in [0.4, 0.5) is 4.39 Å². The number of carbonyl (C=O) groups excluding carboxylic acids is 1. The number of piperidine rings is 1. The standard InChI is InChI=1S/C19H22FN3O4/c20-15-2-1-7-21-17(15)26-10-3-14-4-11-27-19(14)5-8-23(9-6-19)18(24)16-12-25-13-22-16/h1-2,7,12-14H,3-6,8-11H2. The third-order valence-corrected chi connectivity index (χ3v) is 5.58. The van der Waals surface area contributed by atoms with E-state index in [0.717, 1.165) is 25.7 Å². The van der Waals surface area contributed by atoms with E-state index in [9.17, 15) is 9.18 Å². The summed E-state index contributed by atoms with van der Waals surface area (Å²) in [6.07, 6.45) is 7.42. The largest absolute Gasteiger partial charge is 0.476 e. The van der Waals surface area contributed by atoms with E-state index in [1.54, 1.807) is 4.90 Å². The minimum atomic E-state index is -0.449. The molecule has 8 heteroatoms. The number of amides is 1. The van der Waals surface area contributed by atoms with Crippen LogP contribution in [0.2, 0.25) is 0 Å². The molecule has 2 aliphatic heterocycles. The zero-order valence-corrected chi connectivity index (χ0v) is 15.0. The van der Waals surface area contributed by atoms with Gasteiger partial charge in [-0.3, -0.25) is 4.79 Å². The van der Waals surface area contributed by atoms with E-state index >= 15 is 0 Å². The molecule has 1 atom stereocenters. The lowest BCUT2D eigenvalue weighted by atomic mass is 9.78. The Morgan fingerprint density at radius 1 is 1.37 bits per heavy atom. The van der Waals surface area contributed by atoms with Gasteiger partial charge < -0.3 is 18.8 Å². The van der Waals surface area contributed by atoms with E-state index in [0.29, 0.717) is 37.9 Å². The number of likely N-dealkylation sites (tertiary alicyclic amines) is 1. The lowest BCUT2D eigenvalue weighted by Gasteiger charge is -2.42. The van der Waals surface area contributed by atoms with Crippen molar-refractivity contribution in [2.45, 2.75) is 31.3 Å². The van der Waals surface area contributed by atoms with Crippen LogP contribution in [0.1, 0.15) is 36.2 Å². The minimum absolute atomic E-state index is 0.0403. The molecule has 1 amide bonds. The highest BCUT2D eigenvalue weighted by atomic mass is 19.1. The SMILES string of the molecule is O=C(c1cocn1)N1CCC2(CC1)OCCC2CCOc1ncccc1F. The number of oxazole rings is 1. The predicted octanol–water partition coefficient (Wildman–Crippen LogP) is 2.69. The number of halogens is 1. The number of aromatic nitrogens is 2. The van der Waals surface area contributed by atoms with Crippen molar-refractivity contribution in [3.05, 3.63) is 42.5 Å². The first-order chi connectivity index (χ1) is 13.2. The van der Waals surface area contributed by atoms with Crippen molar-refractivity contribution in [1.29, 1.82) is 0 Å². The molecule has 1 unspecified atom stereocenters. The Bertz CT molecular complexity index is 775. The molecule has 27 heavy (non-hydrogen) atoms. The Morgan fingerprint density at radius 3 is 2.96 bits per heavy atom. The van der Waals surface area contributed by atoms with Gasteiger partial charge in [-0.05, 0) is 43.7 Å². The van der Waals surface area contributed by atoms with Gasteiger partial charge in [-0.2, -0.15) is 0 Å². The first kappa shape index (κ1) is 17.9. The molecule has 1 spiro atoms. The molecule has 0 aliphatic carbocycles. The Morgan fingerprint density at radius 2 is 2.22 bits per heavy atom. The second-order valence-corrected chi connectivity index (χ2v) is 6.99. The molecular formula is C19H22FN3O4. The zero-order valence-electron chi connectivity index (χ0n) is 15.0.